The van der Waals surface area contributed by atoms with Crippen molar-refractivity contribution < 1.29 is 60.6 Å². The number of nitrogens with two attached hydrogens (primary N) is 1. The molecule has 1 aliphatic rings. The molecule has 51 heavy (non-hydrogen) atoms. The Hall–Kier alpha value is -4.37. The standard InChI is InChI=1S/C37H33BF2N4O5S.Na/c39-38(40)44-35(29-14-18-30(19-15-29)48-21-7-23-50(45,46)47)25-33(27-10-5-2-6-11-27)37(44)43-36-32(26-8-3-1-4-9-26)24-34(42-36)28-12-16-31(17-13-28)49-22-20-41;/h1-6,8-19,24-25H,7,20-23,41H2,(H,45,46,47);/q;+1/p-1/b43-36-;. The zero-order valence-electron chi connectivity index (χ0n) is 27.8. The Kier molecular flexibility index (Phi) is 12.8. The average Bonchev–Trinajstić information content (AvgIpc) is 3.72. The van der Waals surface area contributed by atoms with Crippen molar-refractivity contribution in [2.24, 2.45) is 15.7 Å². The second-order valence-electron chi connectivity index (χ2n) is 11.3. The van der Waals surface area contributed by atoms with Gasteiger partial charge in [-0.25, -0.2) is 18.4 Å². The summed E-state index contributed by atoms with van der Waals surface area (Å²) in [5.74, 6) is 0.849. The van der Waals surface area contributed by atoms with Crippen molar-refractivity contribution in [2.75, 3.05) is 25.5 Å². The number of hydrogen-bond acceptors (Lipinski definition) is 7. The van der Waals surface area contributed by atoms with E-state index in [1.54, 1.807) is 30.3 Å². The third kappa shape index (κ3) is 9.50. The van der Waals surface area contributed by atoms with Gasteiger partial charge in [-0.3, -0.25) is 8.63 Å². The van der Waals surface area contributed by atoms with Crippen LogP contribution in [0.5, 0.6) is 11.5 Å². The van der Waals surface area contributed by atoms with Crippen LogP contribution in [0.1, 0.15) is 17.5 Å². The van der Waals surface area contributed by atoms with Crippen LogP contribution in [0, 0.1) is 0 Å². The molecule has 9 nitrogen and oxygen atoms in total. The van der Waals surface area contributed by atoms with E-state index in [0.29, 0.717) is 52.6 Å². The fraction of sp³-hybridized carbons (Fsp3) is 0.135. The third-order valence-corrected chi connectivity index (χ3v) is 8.62. The molecule has 0 amide bonds. The Labute approximate surface area is 317 Å². The molecule has 0 spiro atoms. The number of halogens is 2. The van der Waals surface area contributed by atoms with Crippen molar-refractivity contribution in [1.29, 1.82) is 0 Å². The van der Waals surface area contributed by atoms with Crippen LogP contribution in [0.15, 0.2) is 131 Å². The summed E-state index contributed by atoms with van der Waals surface area (Å²) >= 11 is 0. The minimum Gasteiger partial charge on any atom is -0.748 e. The molecule has 5 aromatic rings. The Morgan fingerprint density at radius 2 is 1.35 bits per heavy atom. The maximum atomic E-state index is 15.2. The summed E-state index contributed by atoms with van der Waals surface area (Å²) in [7, 11) is -7.30. The maximum absolute atomic E-state index is 15.2. The third-order valence-electron chi connectivity index (χ3n) is 7.83. The van der Waals surface area contributed by atoms with Crippen molar-refractivity contribution >= 4 is 40.5 Å². The van der Waals surface area contributed by atoms with Gasteiger partial charge < -0.3 is 24.2 Å². The molecule has 254 valence electrons. The van der Waals surface area contributed by atoms with E-state index in [0.717, 1.165) is 15.6 Å². The monoisotopic (exact) mass is 716 g/mol. The Morgan fingerprint density at radius 1 is 0.784 bits per heavy atom. The quantitative estimate of drug-likeness (QED) is 0.106. The van der Waals surface area contributed by atoms with Crippen LogP contribution in [-0.2, 0) is 10.1 Å². The van der Waals surface area contributed by atoms with Crippen molar-refractivity contribution in [2.45, 2.75) is 6.42 Å². The summed E-state index contributed by atoms with van der Waals surface area (Å²) in [6, 6.07) is 34.3. The summed E-state index contributed by atoms with van der Waals surface area (Å²) in [6.45, 7) is 0.796. The van der Waals surface area contributed by atoms with Crippen molar-refractivity contribution in [3.05, 3.63) is 132 Å². The van der Waals surface area contributed by atoms with Gasteiger partial charge in [0, 0.05) is 34.7 Å². The molecule has 0 unspecified atom stereocenters. The van der Waals surface area contributed by atoms with Gasteiger partial charge in [-0.1, -0.05) is 60.7 Å². The van der Waals surface area contributed by atoms with Gasteiger partial charge in [0.25, 0.3) is 0 Å². The summed E-state index contributed by atoms with van der Waals surface area (Å²) < 4.78 is 75.1. The van der Waals surface area contributed by atoms with Crippen molar-refractivity contribution in [1.82, 2.24) is 4.48 Å². The molecule has 14 heteroatoms. The van der Waals surface area contributed by atoms with Gasteiger partial charge in [-0.2, -0.15) is 0 Å². The first-order chi connectivity index (χ1) is 24.2. The Bertz CT molecular complexity index is 2150. The largest absolute Gasteiger partial charge is 1.00 e. The van der Waals surface area contributed by atoms with Crippen LogP contribution < -0.4 is 44.8 Å². The SMILES string of the molecule is NCCOc1ccc(C2=N/C(=N\c3c(-c4ccccc4)cc(-c4ccc(OCCCS(=O)(=O)[O-])cc4)n3B(F)F)C(c3ccccc3)=C2)cc1.[Na+]. The normalized spacial score (nSPS) is 13.4. The number of aliphatic imine (C=N–C) groups is 2. The van der Waals surface area contributed by atoms with Crippen LogP contribution >= 0.6 is 0 Å². The van der Waals surface area contributed by atoms with E-state index in [2.05, 4.69) is 0 Å². The van der Waals surface area contributed by atoms with E-state index >= 15 is 8.63 Å². The number of benzene rings is 4. The van der Waals surface area contributed by atoms with Gasteiger partial charge in [-0.05, 0) is 83.8 Å². The van der Waals surface area contributed by atoms with E-state index in [1.165, 1.54) is 0 Å². The number of nitrogens with zero attached hydrogens (tertiary/aromatic N) is 3. The fourth-order valence-electron chi connectivity index (χ4n) is 5.50. The molecule has 0 saturated carbocycles. The Balaban J connectivity index is 0.00000504. The number of ether oxygens (including phenoxy) is 2. The molecule has 0 aliphatic carbocycles. The molecule has 6 rings (SSSR count). The molecule has 2 N–H and O–H groups in total. The van der Waals surface area contributed by atoms with E-state index < -0.39 is 23.3 Å². The molecule has 0 bridgehead atoms. The van der Waals surface area contributed by atoms with Crippen LogP contribution in [0.3, 0.4) is 0 Å². The number of rotatable bonds is 14. The number of aromatic nitrogens is 1. The number of allylic oxidation sites excluding steroid dienone is 1. The van der Waals surface area contributed by atoms with E-state index in [9.17, 15) is 13.0 Å². The second kappa shape index (κ2) is 17.2. The zero-order chi connectivity index (χ0) is 35.1. The van der Waals surface area contributed by atoms with Gasteiger partial charge >= 0.3 is 37.0 Å². The molecule has 1 aliphatic heterocycles. The molecule has 2 heterocycles. The van der Waals surface area contributed by atoms with Crippen LogP contribution in [-0.4, -0.2) is 61.9 Å². The van der Waals surface area contributed by atoms with Gasteiger partial charge in [0.1, 0.15) is 23.9 Å². The van der Waals surface area contributed by atoms with Crippen LogP contribution in [0.4, 0.5) is 14.4 Å². The molecule has 0 fully saturated rings. The summed E-state index contributed by atoms with van der Waals surface area (Å²) in [5, 5.41) is 0. The molecule has 0 saturated heterocycles. The van der Waals surface area contributed by atoms with E-state index in [4.69, 9.17) is 25.2 Å². The minimum absolute atomic E-state index is 0. The molecule has 0 atom stereocenters. The predicted octanol–water partition coefficient (Wildman–Crippen LogP) is 3.87. The van der Waals surface area contributed by atoms with Gasteiger partial charge in [-0.15, -0.1) is 0 Å². The summed E-state index contributed by atoms with van der Waals surface area (Å²) in [5.41, 5.74) is 10.4. The topological polar surface area (TPSA) is 131 Å². The first kappa shape index (κ1) is 37.9. The molecule has 4 aromatic carbocycles. The maximum Gasteiger partial charge on any atom is 1.00 e. The zero-order valence-corrected chi connectivity index (χ0v) is 30.6. The van der Waals surface area contributed by atoms with Gasteiger partial charge in [0.2, 0.25) is 0 Å². The van der Waals surface area contributed by atoms with Crippen LogP contribution in [0.2, 0.25) is 0 Å². The Morgan fingerprint density at radius 3 is 1.92 bits per heavy atom. The number of amidine groups is 1. The molecular weight excluding hydrogens is 684 g/mol. The van der Waals surface area contributed by atoms with Gasteiger partial charge in [0.05, 0.1) is 22.4 Å². The predicted molar refractivity (Wildman–Crippen MR) is 192 cm³/mol. The number of hydrogen-bond donors (Lipinski definition) is 1. The van der Waals surface area contributed by atoms with E-state index in [1.807, 2.05) is 91.0 Å². The average molecular weight is 717 g/mol. The van der Waals surface area contributed by atoms with Crippen molar-refractivity contribution in [3.63, 3.8) is 0 Å². The van der Waals surface area contributed by atoms with Gasteiger partial charge in [0.15, 0.2) is 5.84 Å². The summed E-state index contributed by atoms with van der Waals surface area (Å²) in [4.78, 5) is 9.75. The fourth-order valence-corrected chi connectivity index (χ4v) is 5.97. The molecule has 1 aromatic heterocycles. The molecular formula is C37H32BF2N4NaO5S. The first-order valence-corrected chi connectivity index (χ1v) is 17.4. The van der Waals surface area contributed by atoms with E-state index in [-0.39, 0.29) is 59.9 Å². The second-order valence-corrected chi connectivity index (χ2v) is 12.8. The smallest absolute Gasteiger partial charge is 0.748 e. The first-order valence-electron chi connectivity index (χ1n) is 15.8. The minimum atomic E-state index is -4.34. The van der Waals surface area contributed by atoms with Crippen LogP contribution in [0.25, 0.3) is 28.0 Å². The molecule has 0 radical (unpaired) electrons. The summed E-state index contributed by atoms with van der Waals surface area (Å²) in [6.07, 6.45) is 1.93. The van der Waals surface area contributed by atoms with Crippen molar-refractivity contribution in [3.8, 4) is 33.9 Å².